The van der Waals surface area contributed by atoms with E-state index in [1.807, 2.05) is 37.3 Å². The summed E-state index contributed by atoms with van der Waals surface area (Å²) in [5.74, 6) is 0.517. The van der Waals surface area contributed by atoms with Gasteiger partial charge < -0.3 is 14.2 Å². The summed E-state index contributed by atoms with van der Waals surface area (Å²) in [6.07, 6.45) is 1.46. The van der Waals surface area contributed by atoms with E-state index in [0.717, 1.165) is 16.6 Å². The van der Waals surface area contributed by atoms with Gasteiger partial charge in [0.25, 0.3) is 5.91 Å². The molecular weight excluding hydrogens is 304 g/mol. The molecule has 0 unspecified atom stereocenters. The Morgan fingerprint density at radius 3 is 2.75 bits per heavy atom. The number of nitrogens with one attached hydrogen (secondary N) is 1. The van der Waals surface area contributed by atoms with E-state index in [9.17, 15) is 4.79 Å². The number of amides is 1. The zero-order valence-electron chi connectivity index (χ0n) is 12.9. The van der Waals surface area contributed by atoms with Gasteiger partial charge >= 0.3 is 0 Å². The highest BCUT2D eigenvalue weighted by molar-refractivity contribution is 6.03. The number of rotatable bonds is 3. The molecule has 0 radical (unpaired) electrons. The van der Waals surface area contributed by atoms with Gasteiger partial charge in [-0.05, 0) is 42.8 Å². The molecule has 0 saturated heterocycles. The number of hydrogen-bond donors (Lipinski definition) is 1. The standard InChI is InChI=1S/C19H14N2O3/c1-12-5-2-3-6-14(12)19-21-15-9-8-13(11-17(15)24-19)20-18(22)16-7-4-10-23-16/h2-11H,1H3,(H,20,22). The smallest absolute Gasteiger partial charge is 0.291 e. The molecule has 0 aliphatic heterocycles. The van der Waals surface area contributed by atoms with Crippen LogP contribution in [0.15, 0.2) is 69.7 Å². The van der Waals surface area contributed by atoms with Gasteiger partial charge in [-0.15, -0.1) is 0 Å². The van der Waals surface area contributed by atoms with Crippen LogP contribution in [0.4, 0.5) is 5.69 Å². The summed E-state index contributed by atoms with van der Waals surface area (Å²) >= 11 is 0. The number of aromatic nitrogens is 1. The van der Waals surface area contributed by atoms with E-state index in [2.05, 4.69) is 10.3 Å². The topological polar surface area (TPSA) is 68.3 Å². The van der Waals surface area contributed by atoms with E-state index in [1.165, 1.54) is 6.26 Å². The van der Waals surface area contributed by atoms with Crippen molar-refractivity contribution >= 4 is 22.7 Å². The molecule has 0 spiro atoms. The maximum absolute atomic E-state index is 12.0. The van der Waals surface area contributed by atoms with Gasteiger partial charge in [-0.1, -0.05) is 18.2 Å². The zero-order valence-corrected chi connectivity index (χ0v) is 12.9. The molecule has 24 heavy (non-hydrogen) atoms. The van der Waals surface area contributed by atoms with Gasteiger partial charge in [0.05, 0.1) is 6.26 Å². The first-order valence-electron chi connectivity index (χ1n) is 7.52. The van der Waals surface area contributed by atoms with Gasteiger partial charge in [0, 0.05) is 17.3 Å². The highest BCUT2D eigenvalue weighted by Crippen LogP contribution is 2.28. The highest BCUT2D eigenvalue weighted by Gasteiger charge is 2.13. The fourth-order valence-electron chi connectivity index (χ4n) is 2.53. The first-order chi connectivity index (χ1) is 11.7. The van der Waals surface area contributed by atoms with Crippen LogP contribution >= 0.6 is 0 Å². The molecule has 118 valence electrons. The second-order valence-corrected chi connectivity index (χ2v) is 5.45. The summed E-state index contributed by atoms with van der Waals surface area (Å²) < 4.78 is 10.9. The van der Waals surface area contributed by atoms with Crippen molar-refractivity contribution < 1.29 is 13.6 Å². The second kappa shape index (κ2) is 5.70. The number of benzene rings is 2. The molecule has 4 aromatic rings. The van der Waals surface area contributed by atoms with Crippen molar-refractivity contribution in [1.82, 2.24) is 4.98 Å². The number of nitrogens with zero attached hydrogens (tertiary/aromatic N) is 1. The van der Waals surface area contributed by atoms with Crippen LogP contribution in [-0.2, 0) is 0 Å². The molecule has 4 rings (SSSR count). The van der Waals surface area contributed by atoms with E-state index >= 15 is 0 Å². The minimum atomic E-state index is -0.307. The lowest BCUT2D eigenvalue weighted by molar-refractivity contribution is 0.0996. The van der Waals surface area contributed by atoms with Crippen molar-refractivity contribution in [1.29, 1.82) is 0 Å². The van der Waals surface area contributed by atoms with Gasteiger partial charge in [0.15, 0.2) is 11.3 Å². The minimum absolute atomic E-state index is 0.258. The van der Waals surface area contributed by atoms with E-state index in [1.54, 1.807) is 24.3 Å². The van der Waals surface area contributed by atoms with Crippen LogP contribution in [0.25, 0.3) is 22.6 Å². The Balaban J connectivity index is 1.66. The zero-order chi connectivity index (χ0) is 16.5. The minimum Gasteiger partial charge on any atom is -0.459 e. The van der Waals surface area contributed by atoms with Crippen LogP contribution < -0.4 is 5.32 Å². The number of aryl methyl sites for hydroxylation is 1. The first-order valence-corrected chi connectivity index (χ1v) is 7.52. The number of hydrogen-bond acceptors (Lipinski definition) is 4. The van der Waals surface area contributed by atoms with Crippen molar-refractivity contribution in [3.05, 3.63) is 72.2 Å². The van der Waals surface area contributed by atoms with E-state index in [4.69, 9.17) is 8.83 Å². The third-order valence-electron chi connectivity index (χ3n) is 3.77. The summed E-state index contributed by atoms with van der Waals surface area (Å²) in [5.41, 5.74) is 4.02. The lowest BCUT2D eigenvalue weighted by Gasteiger charge is -2.02. The summed E-state index contributed by atoms with van der Waals surface area (Å²) in [7, 11) is 0. The second-order valence-electron chi connectivity index (χ2n) is 5.45. The SMILES string of the molecule is Cc1ccccc1-c1nc2ccc(NC(=O)c3ccco3)cc2o1. The number of fused-ring (bicyclic) bond motifs is 1. The number of carbonyl (C=O) groups excluding carboxylic acids is 1. The molecule has 5 nitrogen and oxygen atoms in total. The molecular formula is C19H14N2O3. The Morgan fingerprint density at radius 2 is 1.96 bits per heavy atom. The van der Waals surface area contributed by atoms with Gasteiger partial charge in [-0.2, -0.15) is 0 Å². The van der Waals surface area contributed by atoms with E-state index in [-0.39, 0.29) is 11.7 Å². The third kappa shape index (κ3) is 2.56. The monoisotopic (exact) mass is 318 g/mol. The molecule has 0 saturated carbocycles. The molecule has 5 heteroatoms. The average Bonchev–Trinajstić information content (AvgIpc) is 3.24. The Labute approximate surface area is 137 Å². The van der Waals surface area contributed by atoms with Crippen LogP contribution in [0, 0.1) is 6.92 Å². The predicted octanol–water partition coefficient (Wildman–Crippen LogP) is 4.65. The molecule has 0 aliphatic rings. The lowest BCUT2D eigenvalue weighted by atomic mass is 10.1. The van der Waals surface area contributed by atoms with Gasteiger partial charge in [0.2, 0.25) is 5.89 Å². The molecule has 0 bridgehead atoms. The molecule has 0 atom stereocenters. The molecule has 1 amide bonds. The van der Waals surface area contributed by atoms with Crippen molar-refractivity contribution in [3.8, 4) is 11.5 Å². The fraction of sp³-hybridized carbons (Fsp3) is 0.0526. The maximum Gasteiger partial charge on any atom is 0.291 e. The number of oxazole rings is 1. The average molecular weight is 318 g/mol. The van der Waals surface area contributed by atoms with E-state index < -0.39 is 0 Å². The van der Waals surface area contributed by atoms with Crippen molar-refractivity contribution in [2.24, 2.45) is 0 Å². The van der Waals surface area contributed by atoms with Crippen LogP contribution in [0.2, 0.25) is 0 Å². The van der Waals surface area contributed by atoms with Crippen molar-refractivity contribution in [2.45, 2.75) is 6.92 Å². The van der Waals surface area contributed by atoms with E-state index in [0.29, 0.717) is 17.2 Å². The van der Waals surface area contributed by atoms with Crippen molar-refractivity contribution in [3.63, 3.8) is 0 Å². The summed E-state index contributed by atoms with van der Waals surface area (Å²) in [6.45, 7) is 2.01. The normalized spacial score (nSPS) is 10.9. The van der Waals surface area contributed by atoms with Crippen LogP contribution in [-0.4, -0.2) is 10.9 Å². The predicted molar refractivity (Wildman–Crippen MR) is 90.8 cm³/mol. The molecule has 2 heterocycles. The first kappa shape index (κ1) is 14.3. The Kier molecular flexibility index (Phi) is 3.39. The largest absolute Gasteiger partial charge is 0.459 e. The Bertz CT molecular complexity index is 1020. The summed E-state index contributed by atoms with van der Waals surface area (Å²) in [5, 5.41) is 2.78. The Hall–Kier alpha value is -3.34. The number of anilines is 1. The van der Waals surface area contributed by atoms with Gasteiger partial charge in [-0.25, -0.2) is 4.98 Å². The molecule has 2 aromatic heterocycles. The van der Waals surface area contributed by atoms with Gasteiger partial charge in [-0.3, -0.25) is 4.79 Å². The van der Waals surface area contributed by atoms with Crippen LogP contribution in [0.1, 0.15) is 16.1 Å². The summed E-state index contributed by atoms with van der Waals surface area (Å²) in [4.78, 5) is 16.5. The Morgan fingerprint density at radius 1 is 1.08 bits per heavy atom. The number of furan rings is 1. The fourth-order valence-corrected chi connectivity index (χ4v) is 2.53. The quantitative estimate of drug-likeness (QED) is 0.597. The lowest BCUT2D eigenvalue weighted by Crippen LogP contribution is -2.10. The summed E-state index contributed by atoms with van der Waals surface area (Å²) in [6, 6.07) is 16.5. The highest BCUT2D eigenvalue weighted by atomic mass is 16.3. The third-order valence-corrected chi connectivity index (χ3v) is 3.77. The van der Waals surface area contributed by atoms with Gasteiger partial charge in [0.1, 0.15) is 5.52 Å². The molecule has 0 fully saturated rings. The van der Waals surface area contributed by atoms with Crippen LogP contribution in [0.3, 0.4) is 0 Å². The number of carbonyl (C=O) groups is 1. The molecule has 1 N–H and O–H groups in total. The molecule has 2 aromatic carbocycles. The van der Waals surface area contributed by atoms with Crippen molar-refractivity contribution in [2.75, 3.05) is 5.32 Å². The maximum atomic E-state index is 12.0. The molecule has 0 aliphatic carbocycles. The van der Waals surface area contributed by atoms with Crippen LogP contribution in [0.5, 0.6) is 0 Å².